The predicted molar refractivity (Wildman–Crippen MR) is 90.8 cm³/mol. The van der Waals surface area contributed by atoms with E-state index >= 15 is 0 Å². The van der Waals surface area contributed by atoms with E-state index in [2.05, 4.69) is 5.32 Å². The number of nitrogens with one attached hydrogen (secondary N) is 1. The van der Waals surface area contributed by atoms with Crippen LogP contribution in [0.5, 0.6) is 5.75 Å². The highest BCUT2D eigenvalue weighted by Gasteiger charge is 2.25. The molecule has 0 saturated carbocycles. The maximum Gasteiger partial charge on any atom is 0.408 e. The molecule has 0 bridgehead atoms. The van der Waals surface area contributed by atoms with Gasteiger partial charge in [-0.15, -0.1) is 0 Å². The van der Waals surface area contributed by atoms with Gasteiger partial charge in [0.05, 0.1) is 13.4 Å². The van der Waals surface area contributed by atoms with Crippen LogP contribution in [0, 0.1) is 0 Å². The summed E-state index contributed by atoms with van der Waals surface area (Å²) in [6, 6.07) is 5.19. The second-order valence-electron chi connectivity index (χ2n) is 6.36. The van der Waals surface area contributed by atoms with Crippen LogP contribution in [0.4, 0.5) is 4.79 Å². The molecule has 1 aromatic rings. The normalized spacial score (nSPS) is 12.8. The molecule has 0 heterocycles. The van der Waals surface area contributed by atoms with Crippen LogP contribution >= 0.6 is 0 Å². The molecule has 0 saturated heterocycles. The Morgan fingerprint density at radius 3 is 2.40 bits per heavy atom. The standard InChI is InChI=1S/C16H23NO7S/c1-16(2,3)23-15(19)17-13(14(18)22-4)10-11-7-6-8-12(9-11)24-25(5,20)21/h6-9,13H,10H2,1-5H3,(H,17,19)/t13-/m0/s1. The summed E-state index contributed by atoms with van der Waals surface area (Å²) < 4.78 is 37.0. The molecule has 0 fully saturated rings. The summed E-state index contributed by atoms with van der Waals surface area (Å²) in [5.74, 6) is -0.541. The number of carbonyl (C=O) groups excluding carboxylic acids is 2. The second-order valence-corrected chi connectivity index (χ2v) is 7.94. The first-order valence-electron chi connectivity index (χ1n) is 7.45. The van der Waals surface area contributed by atoms with Gasteiger partial charge >= 0.3 is 22.2 Å². The Labute approximate surface area is 147 Å². The SMILES string of the molecule is COC(=O)[C@H](Cc1cccc(OS(C)(=O)=O)c1)NC(=O)OC(C)(C)C. The molecule has 0 spiro atoms. The van der Waals surface area contributed by atoms with Gasteiger partial charge in [0.25, 0.3) is 0 Å². The van der Waals surface area contributed by atoms with Gasteiger partial charge in [-0.2, -0.15) is 8.42 Å². The van der Waals surface area contributed by atoms with Crippen LogP contribution in [-0.4, -0.2) is 45.5 Å². The molecule has 1 aromatic carbocycles. The highest BCUT2D eigenvalue weighted by atomic mass is 32.2. The highest BCUT2D eigenvalue weighted by Crippen LogP contribution is 2.17. The van der Waals surface area contributed by atoms with Gasteiger partial charge in [-0.25, -0.2) is 9.59 Å². The fourth-order valence-corrected chi connectivity index (χ4v) is 2.37. The van der Waals surface area contributed by atoms with E-state index in [9.17, 15) is 18.0 Å². The van der Waals surface area contributed by atoms with Gasteiger partial charge in [0.1, 0.15) is 17.4 Å². The molecule has 1 rings (SSSR count). The molecule has 140 valence electrons. The Balaban J connectivity index is 2.90. The minimum absolute atomic E-state index is 0.0763. The van der Waals surface area contributed by atoms with E-state index in [4.69, 9.17) is 13.7 Å². The van der Waals surface area contributed by atoms with E-state index in [0.29, 0.717) is 5.56 Å². The number of alkyl carbamates (subject to hydrolysis) is 1. The summed E-state index contributed by atoms with van der Waals surface area (Å²) in [5, 5.41) is 2.45. The van der Waals surface area contributed by atoms with Crippen LogP contribution < -0.4 is 9.50 Å². The number of benzene rings is 1. The number of carbonyl (C=O) groups is 2. The van der Waals surface area contributed by atoms with Crippen molar-refractivity contribution in [1.82, 2.24) is 5.32 Å². The molecule has 9 heteroatoms. The van der Waals surface area contributed by atoms with Crippen molar-refractivity contribution in [3.63, 3.8) is 0 Å². The number of ether oxygens (including phenoxy) is 2. The zero-order chi connectivity index (χ0) is 19.3. The summed E-state index contributed by atoms with van der Waals surface area (Å²) in [4.78, 5) is 23.8. The average Bonchev–Trinajstić information content (AvgIpc) is 2.42. The van der Waals surface area contributed by atoms with E-state index in [0.717, 1.165) is 6.26 Å². The summed E-state index contributed by atoms with van der Waals surface area (Å²) in [5.41, 5.74) is -0.138. The number of esters is 1. The van der Waals surface area contributed by atoms with E-state index in [1.54, 1.807) is 32.9 Å². The van der Waals surface area contributed by atoms with E-state index in [-0.39, 0.29) is 12.2 Å². The molecule has 0 aliphatic heterocycles. The van der Waals surface area contributed by atoms with Gasteiger partial charge < -0.3 is 19.0 Å². The van der Waals surface area contributed by atoms with Crippen molar-refractivity contribution in [3.8, 4) is 5.75 Å². The lowest BCUT2D eigenvalue weighted by Crippen LogP contribution is -2.45. The maximum absolute atomic E-state index is 11.9. The topological polar surface area (TPSA) is 108 Å². The highest BCUT2D eigenvalue weighted by molar-refractivity contribution is 7.86. The zero-order valence-corrected chi connectivity index (χ0v) is 15.7. The Morgan fingerprint density at radius 2 is 1.88 bits per heavy atom. The van der Waals surface area contributed by atoms with Crippen LogP contribution in [-0.2, 0) is 30.8 Å². The third-order valence-electron chi connectivity index (χ3n) is 2.76. The maximum atomic E-state index is 11.9. The first-order valence-corrected chi connectivity index (χ1v) is 9.27. The van der Waals surface area contributed by atoms with Crippen molar-refractivity contribution in [2.75, 3.05) is 13.4 Å². The lowest BCUT2D eigenvalue weighted by Gasteiger charge is -2.22. The molecule has 0 unspecified atom stereocenters. The fourth-order valence-electron chi connectivity index (χ4n) is 1.92. The van der Waals surface area contributed by atoms with Gasteiger partial charge in [0, 0.05) is 6.42 Å². The van der Waals surface area contributed by atoms with Crippen LogP contribution in [0.25, 0.3) is 0 Å². The molecule has 0 aliphatic rings. The quantitative estimate of drug-likeness (QED) is 0.596. The van der Waals surface area contributed by atoms with Crippen molar-refractivity contribution in [2.45, 2.75) is 38.8 Å². The number of rotatable bonds is 6. The molecule has 1 N–H and O–H groups in total. The van der Waals surface area contributed by atoms with Crippen molar-refractivity contribution in [1.29, 1.82) is 0 Å². The van der Waals surface area contributed by atoms with Crippen molar-refractivity contribution >= 4 is 22.2 Å². The zero-order valence-electron chi connectivity index (χ0n) is 14.9. The third-order valence-corrected chi connectivity index (χ3v) is 3.26. The third kappa shape index (κ3) is 8.39. The Kier molecular flexibility index (Phi) is 6.80. The van der Waals surface area contributed by atoms with Crippen LogP contribution in [0.1, 0.15) is 26.3 Å². The fraction of sp³-hybridized carbons (Fsp3) is 0.500. The summed E-state index contributed by atoms with van der Waals surface area (Å²) in [7, 11) is -2.46. The van der Waals surface area contributed by atoms with E-state index in [1.165, 1.54) is 19.2 Å². The smallest absolute Gasteiger partial charge is 0.408 e. The largest absolute Gasteiger partial charge is 0.467 e. The Morgan fingerprint density at radius 1 is 1.24 bits per heavy atom. The molecule has 0 aliphatic carbocycles. The summed E-state index contributed by atoms with van der Waals surface area (Å²) in [6.45, 7) is 5.10. The lowest BCUT2D eigenvalue weighted by molar-refractivity contribution is -0.143. The van der Waals surface area contributed by atoms with Gasteiger partial charge in [-0.3, -0.25) is 0 Å². The molecule has 1 atom stereocenters. The molecule has 8 nitrogen and oxygen atoms in total. The van der Waals surface area contributed by atoms with Crippen molar-refractivity contribution in [2.24, 2.45) is 0 Å². The second kappa shape index (κ2) is 8.19. The molecule has 0 radical (unpaired) electrons. The predicted octanol–water partition coefficient (Wildman–Crippen LogP) is 1.63. The first-order chi connectivity index (χ1) is 11.4. The van der Waals surface area contributed by atoms with E-state index in [1.807, 2.05) is 0 Å². The molecular weight excluding hydrogens is 350 g/mol. The first kappa shape index (κ1) is 20.8. The van der Waals surface area contributed by atoms with Gasteiger partial charge in [-0.05, 0) is 38.5 Å². The Hall–Kier alpha value is -2.29. The van der Waals surface area contributed by atoms with Crippen molar-refractivity contribution < 1.29 is 31.7 Å². The van der Waals surface area contributed by atoms with Crippen LogP contribution in [0.2, 0.25) is 0 Å². The molecule has 0 aromatic heterocycles. The summed E-state index contributed by atoms with van der Waals surface area (Å²) in [6.07, 6.45) is 0.250. The number of hydrogen-bond donors (Lipinski definition) is 1. The number of methoxy groups -OCH3 is 1. The minimum Gasteiger partial charge on any atom is -0.467 e. The van der Waals surface area contributed by atoms with Gasteiger partial charge in [-0.1, -0.05) is 12.1 Å². The molecule has 1 amide bonds. The molecular formula is C16H23NO7S. The van der Waals surface area contributed by atoms with E-state index < -0.39 is 33.8 Å². The lowest BCUT2D eigenvalue weighted by atomic mass is 10.1. The number of hydrogen-bond acceptors (Lipinski definition) is 7. The van der Waals surface area contributed by atoms with Crippen LogP contribution in [0.3, 0.4) is 0 Å². The summed E-state index contributed by atoms with van der Waals surface area (Å²) >= 11 is 0. The number of amides is 1. The van der Waals surface area contributed by atoms with Crippen LogP contribution in [0.15, 0.2) is 24.3 Å². The van der Waals surface area contributed by atoms with Crippen molar-refractivity contribution in [3.05, 3.63) is 29.8 Å². The van der Waals surface area contributed by atoms with Gasteiger partial charge in [0.2, 0.25) is 0 Å². The average molecular weight is 373 g/mol. The minimum atomic E-state index is -3.66. The molecule has 25 heavy (non-hydrogen) atoms. The monoisotopic (exact) mass is 373 g/mol. The van der Waals surface area contributed by atoms with Gasteiger partial charge in [0.15, 0.2) is 0 Å². The Bertz CT molecular complexity index is 722.